The van der Waals surface area contributed by atoms with Crippen molar-refractivity contribution >= 4 is 27.8 Å². The van der Waals surface area contributed by atoms with Crippen molar-refractivity contribution in [1.82, 2.24) is 4.98 Å². The van der Waals surface area contributed by atoms with Crippen LogP contribution in [-0.2, 0) is 33.2 Å². The quantitative estimate of drug-likeness (QED) is 0.133. The van der Waals surface area contributed by atoms with Gasteiger partial charge in [-0.2, -0.15) is 0 Å². The van der Waals surface area contributed by atoms with Crippen molar-refractivity contribution in [2.45, 2.75) is 25.7 Å². The fraction of sp³-hybridized carbons (Fsp3) is 0.424. The van der Waals surface area contributed by atoms with E-state index in [1.165, 1.54) is 46.8 Å². The molecule has 0 aliphatic carbocycles. The zero-order valence-corrected chi connectivity index (χ0v) is 27.8. The first-order chi connectivity index (χ1) is 23.6. The van der Waals surface area contributed by atoms with Crippen molar-refractivity contribution in [3.05, 3.63) is 56.7 Å². The number of rotatable bonds is 16. The molecular formula is C33H37NO15. The third kappa shape index (κ3) is 7.80. The van der Waals surface area contributed by atoms with E-state index in [4.69, 9.17) is 56.5 Å². The molecule has 1 aliphatic rings. The van der Waals surface area contributed by atoms with Crippen LogP contribution in [-0.4, -0.2) is 91.7 Å². The summed E-state index contributed by atoms with van der Waals surface area (Å²) in [5.74, 6) is -1.48. The van der Waals surface area contributed by atoms with Crippen LogP contribution >= 0.6 is 0 Å². The molecule has 5 rings (SSSR count). The number of ether oxygens (including phenoxy) is 11. The van der Waals surface area contributed by atoms with Crippen LogP contribution in [0.5, 0.6) is 23.0 Å². The van der Waals surface area contributed by atoms with Gasteiger partial charge in [-0.15, -0.1) is 0 Å². The molecule has 0 saturated carbocycles. The van der Waals surface area contributed by atoms with Crippen LogP contribution in [0.4, 0.5) is 0 Å². The van der Waals surface area contributed by atoms with Crippen molar-refractivity contribution < 1.29 is 61.3 Å². The van der Waals surface area contributed by atoms with E-state index >= 15 is 0 Å². The van der Waals surface area contributed by atoms with E-state index in [9.17, 15) is 14.4 Å². The van der Waals surface area contributed by atoms with Gasteiger partial charge in [0.25, 0.3) is 0 Å². The van der Waals surface area contributed by atoms with Gasteiger partial charge in [0.05, 0.1) is 34.0 Å². The number of H-pyrrole nitrogens is 1. The maximum Gasteiger partial charge on any atom is 0.343 e. The van der Waals surface area contributed by atoms with Crippen LogP contribution in [0.2, 0.25) is 0 Å². The topological polar surface area (TPSA) is 182 Å². The number of hydrogen-bond acceptors (Lipinski definition) is 15. The predicted molar refractivity (Wildman–Crippen MR) is 171 cm³/mol. The summed E-state index contributed by atoms with van der Waals surface area (Å²) in [6.07, 6.45) is 1.91. The third-order valence-corrected chi connectivity index (χ3v) is 7.21. The molecule has 0 amide bonds. The summed E-state index contributed by atoms with van der Waals surface area (Å²) in [5.41, 5.74) is -1.45. The number of nitrogens with one attached hydrogen (secondary N) is 1. The Labute approximate surface area is 279 Å². The second kappa shape index (κ2) is 15.7. The first kappa shape index (κ1) is 35.6. The second-order valence-electron chi connectivity index (χ2n) is 11.1. The molecule has 1 atom stereocenters. The second-order valence-corrected chi connectivity index (χ2v) is 11.1. The Morgan fingerprint density at radius 3 is 2.10 bits per heavy atom. The molecule has 2 aromatic heterocycles. The molecule has 1 aliphatic heterocycles. The van der Waals surface area contributed by atoms with Crippen LogP contribution in [0.3, 0.4) is 0 Å². The van der Waals surface area contributed by atoms with E-state index in [-0.39, 0.29) is 96.4 Å². The standard InChI is InChI=1S/C33H37NO15/c1-33(2)48-12-18(49-33)11-43-32(37)28-27-25(9-26(46-16-40-5)31(28)47-17-41-6)42-13-21(30(27)36)20-10-34-22-8-24(45-15-39-4)23(44-14-38-3)7-19(22)29(20)35/h7-10,13,18H,11-12,14-17H2,1-6H3,(H,34,35). The average molecular weight is 688 g/mol. The number of pyridine rings is 1. The number of aromatic amines is 1. The highest BCUT2D eigenvalue weighted by Gasteiger charge is 2.35. The molecule has 16 nitrogen and oxygen atoms in total. The van der Waals surface area contributed by atoms with E-state index in [1.54, 1.807) is 19.9 Å². The largest absolute Gasteiger partial charge is 0.464 e. The molecule has 2 aromatic carbocycles. The van der Waals surface area contributed by atoms with Gasteiger partial charge >= 0.3 is 5.97 Å². The summed E-state index contributed by atoms with van der Waals surface area (Å²) in [7, 11) is 5.70. The van der Waals surface area contributed by atoms with Crippen LogP contribution < -0.4 is 29.8 Å². The van der Waals surface area contributed by atoms with Crippen molar-refractivity contribution in [2.75, 3.05) is 68.8 Å². The number of aromatic nitrogens is 1. The molecule has 0 spiro atoms. The average Bonchev–Trinajstić information content (AvgIpc) is 3.45. The smallest absolute Gasteiger partial charge is 0.343 e. The lowest BCUT2D eigenvalue weighted by atomic mass is 10.0. The first-order valence-electron chi connectivity index (χ1n) is 14.9. The number of fused-ring (bicyclic) bond motifs is 2. The van der Waals surface area contributed by atoms with E-state index < -0.39 is 28.7 Å². The fourth-order valence-electron chi connectivity index (χ4n) is 5.10. The number of benzene rings is 2. The van der Waals surface area contributed by atoms with Gasteiger partial charge in [-0.25, -0.2) is 4.79 Å². The van der Waals surface area contributed by atoms with E-state index in [0.717, 1.165) is 6.26 Å². The number of methoxy groups -OCH3 is 4. The summed E-state index contributed by atoms with van der Waals surface area (Å²) in [5, 5.41) is -0.0594. The predicted octanol–water partition coefficient (Wildman–Crippen LogP) is 3.54. The van der Waals surface area contributed by atoms with Gasteiger partial charge in [-0.05, 0) is 19.9 Å². The highest BCUT2D eigenvalue weighted by molar-refractivity contribution is 6.07. The fourth-order valence-corrected chi connectivity index (χ4v) is 5.10. The Kier molecular flexibility index (Phi) is 11.4. The Hall–Kier alpha value is -4.71. The monoisotopic (exact) mass is 687 g/mol. The molecule has 0 bridgehead atoms. The lowest BCUT2D eigenvalue weighted by molar-refractivity contribution is -0.142. The summed E-state index contributed by atoms with van der Waals surface area (Å²) in [4.78, 5) is 45.1. The Morgan fingerprint density at radius 2 is 1.47 bits per heavy atom. The van der Waals surface area contributed by atoms with Gasteiger partial charge in [-0.3, -0.25) is 9.59 Å². The summed E-state index contributed by atoms with van der Waals surface area (Å²) in [6.45, 7) is 2.71. The molecule has 0 radical (unpaired) electrons. The highest BCUT2D eigenvalue weighted by Crippen LogP contribution is 2.39. The van der Waals surface area contributed by atoms with Gasteiger partial charge in [-0.1, -0.05) is 0 Å². The van der Waals surface area contributed by atoms with Crippen molar-refractivity contribution in [3.8, 4) is 34.1 Å². The molecule has 1 saturated heterocycles. The van der Waals surface area contributed by atoms with Crippen molar-refractivity contribution in [3.63, 3.8) is 0 Å². The van der Waals surface area contributed by atoms with Crippen LogP contribution in [0, 0.1) is 0 Å². The van der Waals surface area contributed by atoms with E-state index in [1.807, 2.05) is 0 Å². The van der Waals surface area contributed by atoms with Gasteiger partial charge in [0, 0.05) is 46.8 Å². The van der Waals surface area contributed by atoms with Gasteiger partial charge < -0.3 is 61.5 Å². The summed E-state index contributed by atoms with van der Waals surface area (Å²) < 4.78 is 65.6. The molecule has 49 heavy (non-hydrogen) atoms. The van der Waals surface area contributed by atoms with Crippen molar-refractivity contribution in [2.24, 2.45) is 0 Å². The lowest BCUT2D eigenvalue weighted by Gasteiger charge is -2.19. The molecule has 264 valence electrons. The maximum atomic E-state index is 14.3. The molecule has 3 heterocycles. The first-order valence-corrected chi connectivity index (χ1v) is 14.9. The zero-order chi connectivity index (χ0) is 35.1. The number of carbonyl (C=O) groups excluding carboxylic acids is 1. The van der Waals surface area contributed by atoms with E-state index in [0.29, 0.717) is 5.52 Å². The highest BCUT2D eigenvalue weighted by atomic mass is 16.8. The van der Waals surface area contributed by atoms with Crippen molar-refractivity contribution in [1.29, 1.82) is 0 Å². The molecule has 1 unspecified atom stereocenters. The van der Waals surface area contributed by atoms with E-state index in [2.05, 4.69) is 4.98 Å². The van der Waals surface area contributed by atoms with Gasteiger partial charge in [0.2, 0.25) is 5.43 Å². The van der Waals surface area contributed by atoms with Crippen LogP contribution in [0.25, 0.3) is 33.0 Å². The zero-order valence-electron chi connectivity index (χ0n) is 27.8. The minimum atomic E-state index is -0.951. The Bertz CT molecular complexity index is 1910. The van der Waals surface area contributed by atoms with Crippen LogP contribution in [0.1, 0.15) is 24.2 Å². The molecule has 1 fully saturated rings. The summed E-state index contributed by atoms with van der Waals surface area (Å²) >= 11 is 0. The molecule has 4 aromatic rings. The van der Waals surface area contributed by atoms with Gasteiger partial charge in [0.15, 0.2) is 61.4 Å². The maximum absolute atomic E-state index is 14.3. The Morgan fingerprint density at radius 1 is 0.837 bits per heavy atom. The SMILES string of the molecule is COCOc1cc2[nH]cc(-c3coc4cc(OCOC)c(OCOC)c(C(=O)OCC5COC(C)(C)O5)c4c3=O)c(=O)c2cc1OCOC. The minimum Gasteiger partial charge on any atom is -0.464 e. The molecule has 16 heteroatoms. The van der Waals surface area contributed by atoms with Crippen LogP contribution in [0.15, 0.2) is 44.7 Å². The number of esters is 1. The van der Waals surface area contributed by atoms with Gasteiger partial charge in [0.1, 0.15) is 30.1 Å². The lowest BCUT2D eigenvalue weighted by Crippen LogP contribution is -2.26. The molecule has 1 N–H and O–H groups in total. The third-order valence-electron chi connectivity index (χ3n) is 7.21. The number of carbonyl (C=O) groups is 1. The number of hydrogen-bond donors (Lipinski definition) is 1. The summed E-state index contributed by atoms with van der Waals surface area (Å²) in [6, 6.07) is 4.38. The molecular weight excluding hydrogens is 650 g/mol. The minimum absolute atomic E-state index is 0.00877. The Balaban J connectivity index is 1.67. The normalized spacial score (nSPS) is 15.4.